The van der Waals surface area contributed by atoms with Crippen molar-refractivity contribution in [2.45, 2.75) is 38.8 Å². The second kappa shape index (κ2) is 7.66. The number of hydrogen-bond donors (Lipinski definition) is 1. The Bertz CT molecular complexity index is 422. The Hall–Kier alpha value is -0.510. The highest BCUT2D eigenvalue weighted by atomic mass is 32.2. The number of nitrogens with one attached hydrogen (secondary N) is 1. The molecular formula is C18H30N2S. The van der Waals surface area contributed by atoms with Crippen molar-refractivity contribution in [3.63, 3.8) is 0 Å². The van der Waals surface area contributed by atoms with E-state index in [1.165, 1.54) is 24.3 Å². The summed E-state index contributed by atoms with van der Waals surface area (Å²) in [5, 5.41) is 3.82. The quantitative estimate of drug-likeness (QED) is 0.865. The fourth-order valence-electron chi connectivity index (χ4n) is 3.23. The predicted octanol–water partition coefficient (Wildman–Crippen LogP) is 3.58. The molecule has 21 heavy (non-hydrogen) atoms. The molecule has 3 heteroatoms. The Labute approximate surface area is 134 Å². The van der Waals surface area contributed by atoms with Gasteiger partial charge in [-0.25, -0.2) is 0 Å². The molecule has 0 radical (unpaired) electrons. The van der Waals surface area contributed by atoms with Crippen LogP contribution >= 0.6 is 11.8 Å². The zero-order chi connectivity index (χ0) is 15.3. The summed E-state index contributed by atoms with van der Waals surface area (Å²) in [6.07, 6.45) is 3.45. The first-order chi connectivity index (χ1) is 10.1. The van der Waals surface area contributed by atoms with Crippen LogP contribution in [0.25, 0.3) is 0 Å². The van der Waals surface area contributed by atoms with Crippen LogP contribution in [0.3, 0.4) is 0 Å². The lowest BCUT2D eigenvalue weighted by molar-refractivity contribution is 0.0425. The van der Waals surface area contributed by atoms with Crippen LogP contribution in [0, 0.1) is 5.92 Å². The van der Waals surface area contributed by atoms with Gasteiger partial charge < -0.3 is 5.32 Å². The zero-order valence-electron chi connectivity index (χ0n) is 13.9. The predicted molar refractivity (Wildman–Crippen MR) is 95.0 cm³/mol. The standard InChI is InChI=1S/C18H30N2S/c1-5-15(2)17-13-20(11-12-21-4)18(3,14-19-17)16-9-7-6-8-10-16/h6-10,15,17,19H,5,11-14H2,1-4H3. The highest BCUT2D eigenvalue weighted by Crippen LogP contribution is 2.32. The molecule has 118 valence electrons. The second-order valence-electron chi connectivity index (χ2n) is 6.45. The van der Waals surface area contributed by atoms with Gasteiger partial charge in [-0.2, -0.15) is 11.8 Å². The van der Waals surface area contributed by atoms with Gasteiger partial charge in [-0.1, -0.05) is 50.6 Å². The van der Waals surface area contributed by atoms with Crippen molar-refractivity contribution in [3.05, 3.63) is 35.9 Å². The van der Waals surface area contributed by atoms with Crippen LogP contribution < -0.4 is 5.32 Å². The van der Waals surface area contributed by atoms with Crippen molar-refractivity contribution in [3.8, 4) is 0 Å². The van der Waals surface area contributed by atoms with Gasteiger partial charge in [-0.05, 0) is 24.7 Å². The maximum Gasteiger partial charge on any atom is 0.0558 e. The van der Waals surface area contributed by atoms with Gasteiger partial charge in [0.1, 0.15) is 0 Å². The third-order valence-electron chi connectivity index (χ3n) is 5.12. The Kier molecular flexibility index (Phi) is 6.15. The molecule has 3 unspecified atom stereocenters. The van der Waals surface area contributed by atoms with Crippen LogP contribution in [0.2, 0.25) is 0 Å². The smallest absolute Gasteiger partial charge is 0.0558 e. The maximum absolute atomic E-state index is 3.82. The number of thioether (sulfide) groups is 1. The minimum atomic E-state index is 0.112. The van der Waals surface area contributed by atoms with Crippen LogP contribution in [0.4, 0.5) is 0 Å². The highest BCUT2D eigenvalue weighted by Gasteiger charge is 2.39. The average Bonchev–Trinajstić information content (AvgIpc) is 2.54. The topological polar surface area (TPSA) is 15.3 Å². The molecule has 0 aromatic heterocycles. The molecule has 1 fully saturated rings. The minimum absolute atomic E-state index is 0.112. The molecule has 2 nitrogen and oxygen atoms in total. The van der Waals surface area contributed by atoms with Gasteiger partial charge in [0.15, 0.2) is 0 Å². The molecule has 1 saturated heterocycles. The largest absolute Gasteiger partial charge is 0.310 e. The van der Waals surface area contributed by atoms with Crippen molar-refractivity contribution in [2.24, 2.45) is 5.92 Å². The normalized spacial score (nSPS) is 28.5. The Morgan fingerprint density at radius 2 is 2.10 bits per heavy atom. The first kappa shape index (κ1) is 16.9. The van der Waals surface area contributed by atoms with Crippen molar-refractivity contribution < 1.29 is 0 Å². The Morgan fingerprint density at radius 3 is 2.71 bits per heavy atom. The molecule has 0 aliphatic carbocycles. The van der Waals surface area contributed by atoms with E-state index < -0.39 is 0 Å². The van der Waals surface area contributed by atoms with Crippen molar-refractivity contribution in [1.82, 2.24) is 10.2 Å². The lowest BCUT2D eigenvalue weighted by Crippen LogP contribution is -2.63. The molecule has 3 atom stereocenters. The van der Waals surface area contributed by atoms with Gasteiger partial charge in [0, 0.05) is 31.4 Å². The molecule has 0 bridgehead atoms. The number of hydrogen-bond acceptors (Lipinski definition) is 3. The summed E-state index contributed by atoms with van der Waals surface area (Å²) in [5.74, 6) is 1.94. The van der Waals surface area contributed by atoms with E-state index in [1.54, 1.807) is 0 Å². The average molecular weight is 307 g/mol. The van der Waals surface area contributed by atoms with Crippen molar-refractivity contribution in [1.29, 1.82) is 0 Å². The van der Waals surface area contributed by atoms with Gasteiger partial charge in [0.05, 0.1) is 5.54 Å². The first-order valence-corrected chi connectivity index (χ1v) is 9.54. The van der Waals surface area contributed by atoms with Gasteiger partial charge in [0.2, 0.25) is 0 Å². The van der Waals surface area contributed by atoms with Crippen LogP contribution in [-0.2, 0) is 5.54 Å². The molecule has 2 rings (SSSR count). The summed E-state index contributed by atoms with van der Waals surface area (Å²) < 4.78 is 0. The van der Waals surface area contributed by atoms with E-state index in [4.69, 9.17) is 0 Å². The van der Waals surface area contributed by atoms with Gasteiger partial charge in [0.25, 0.3) is 0 Å². The van der Waals surface area contributed by atoms with E-state index in [-0.39, 0.29) is 5.54 Å². The van der Waals surface area contributed by atoms with Gasteiger partial charge in [-0.15, -0.1) is 0 Å². The van der Waals surface area contributed by atoms with Crippen molar-refractivity contribution >= 4 is 11.8 Å². The summed E-state index contributed by atoms with van der Waals surface area (Å²) in [5.41, 5.74) is 1.54. The summed E-state index contributed by atoms with van der Waals surface area (Å²) in [7, 11) is 0. The van der Waals surface area contributed by atoms with E-state index in [0.717, 1.165) is 19.0 Å². The van der Waals surface area contributed by atoms with Crippen molar-refractivity contribution in [2.75, 3.05) is 31.6 Å². The van der Waals surface area contributed by atoms with E-state index in [9.17, 15) is 0 Å². The van der Waals surface area contributed by atoms with E-state index >= 15 is 0 Å². The summed E-state index contributed by atoms with van der Waals surface area (Å²) >= 11 is 1.94. The number of rotatable bonds is 6. The minimum Gasteiger partial charge on any atom is -0.310 e. The molecule has 1 aliphatic heterocycles. The Balaban J connectivity index is 2.19. The molecule has 0 spiro atoms. The third-order valence-corrected chi connectivity index (χ3v) is 5.71. The molecule has 1 aromatic rings. The van der Waals surface area contributed by atoms with Gasteiger partial charge in [-0.3, -0.25) is 4.90 Å². The zero-order valence-corrected chi connectivity index (χ0v) is 14.7. The van der Waals surface area contributed by atoms with Crippen LogP contribution in [0.5, 0.6) is 0 Å². The van der Waals surface area contributed by atoms with Crippen LogP contribution in [0.15, 0.2) is 30.3 Å². The Morgan fingerprint density at radius 1 is 1.38 bits per heavy atom. The molecule has 0 amide bonds. The lowest BCUT2D eigenvalue weighted by atomic mass is 9.84. The second-order valence-corrected chi connectivity index (χ2v) is 7.44. The molecule has 1 heterocycles. The molecule has 1 aliphatic rings. The SMILES string of the molecule is CCC(C)C1CN(CCSC)C(C)(c2ccccc2)CN1. The third kappa shape index (κ3) is 3.82. The van der Waals surface area contributed by atoms with Crippen LogP contribution in [-0.4, -0.2) is 42.6 Å². The van der Waals surface area contributed by atoms with E-state index in [1.807, 2.05) is 11.8 Å². The van der Waals surface area contributed by atoms with E-state index in [2.05, 4.69) is 67.6 Å². The molecule has 1 aromatic carbocycles. The molecular weight excluding hydrogens is 276 g/mol. The fourth-order valence-corrected chi connectivity index (χ4v) is 3.64. The molecule has 1 N–H and O–H groups in total. The van der Waals surface area contributed by atoms with E-state index in [0.29, 0.717) is 6.04 Å². The number of benzene rings is 1. The summed E-state index contributed by atoms with van der Waals surface area (Å²) in [6, 6.07) is 11.6. The maximum atomic E-state index is 3.82. The summed E-state index contributed by atoms with van der Waals surface area (Å²) in [6.45, 7) is 10.4. The molecule has 0 saturated carbocycles. The lowest BCUT2D eigenvalue weighted by Gasteiger charge is -2.49. The number of nitrogens with zero attached hydrogens (tertiary/aromatic N) is 1. The first-order valence-electron chi connectivity index (χ1n) is 8.14. The highest BCUT2D eigenvalue weighted by molar-refractivity contribution is 7.98. The fraction of sp³-hybridized carbons (Fsp3) is 0.667. The number of piperazine rings is 1. The van der Waals surface area contributed by atoms with Crippen LogP contribution in [0.1, 0.15) is 32.8 Å². The summed E-state index contributed by atoms with van der Waals surface area (Å²) in [4.78, 5) is 2.70. The monoisotopic (exact) mass is 306 g/mol. The van der Waals surface area contributed by atoms with Gasteiger partial charge >= 0.3 is 0 Å².